The Bertz CT molecular complexity index is 809. The van der Waals surface area contributed by atoms with E-state index in [-0.39, 0.29) is 18.4 Å². The van der Waals surface area contributed by atoms with Crippen molar-refractivity contribution >= 4 is 33.6 Å². The van der Waals surface area contributed by atoms with Gasteiger partial charge in [-0.25, -0.2) is 9.97 Å². The van der Waals surface area contributed by atoms with Gasteiger partial charge in [0.1, 0.15) is 0 Å². The Balaban J connectivity index is 0.00000147. The highest BCUT2D eigenvalue weighted by Gasteiger charge is 2.07. The van der Waals surface area contributed by atoms with Crippen LogP contribution in [0.5, 0.6) is 0 Å². The molecule has 1 aromatic heterocycles. The highest BCUT2D eigenvalue weighted by molar-refractivity contribution is 6.07. The maximum absolute atomic E-state index is 5.36. The summed E-state index contributed by atoms with van der Waals surface area (Å²) < 4.78 is 0. The molecule has 0 aliphatic carbocycles. The van der Waals surface area contributed by atoms with Gasteiger partial charge in [0.05, 0.1) is 11.2 Å². The Labute approximate surface area is 122 Å². The van der Waals surface area contributed by atoms with Gasteiger partial charge in [-0.15, -0.1) is 0 Å². The molecule has 1 heterocycles. The molecular formula is C14H13ClN5-. The monoisotopic (exact) mass is 286 g/mol. The molecule has 6 heteroatoms. The molecule has 20 heavy (non-hydrogen) atoms. The molecule has 0 spiro atoms. The summed E-state index contributed by atoms with van der Waals surface area (Å²) in [5.41, 5.74) is 12.4. The lowest BCUT2D eigenvalue weighted by atomic mass is 10.0. The first-order valence-corrected chi connectivity index (χ1v) is 5.91. The van der Waals surface area contributed by atoms with Gasteiger partial charge in [-0.1, -0.05) is 30.3 Å². The topological polar surface area (TPSA) is 90.2 Å². The van der Waals surface area contributed by atoms with Gasteiger partial charge in [-0.2, -0.15) is 4.99 Å². The number of hydrogen-bond donors (Lipinski definition) is 2. The Morgan fingerprint density at radius 2 is 1.80 bits per heavy atom. The van der Waals surface area contributed by atoms with Crippen molar-refractivity contribution in [1.29, 1.82) is 0 Å². The van der Waals surface area contributed by atoms with Gasteiger partial charge in [-0.05, 0) is 23.8 Å². The summed E-state index contributed by atoms with van der Waals surface area (Å²) in [5.74, 6) is 0.250. The van der Waals surface area contributed by atoms with Crippen LogP contribution in [0, 0.1) is 6.92 Å². The maximum Gasteiger partial charge on any atom is 0.253 e. The molecule has 0 bridgehead atoms. The largest absolute Gasteiger partial charge is 1.00 e. The summed E-state index contributed by atoms with van der Waals surface area (Å²) in [6.07, 6.45) is 0. The quantitative estimate of drug-likeness (QED) is 0.341. The Morgan fingerprint density at radius 1 is 1.05 bits per heavy atom. The molecule has 5 nitrogen and oxygen atoms in total. The van der Waals surface area contributed by atoms with Crippen LogP contribution in [0.3, 0.4) is 0 Å². The minimum atomic E-state index is -0.0421. The van der Waals surface area contributed by atoms with Crippen LogP contribution in [0.2, 0.25) is 0 Å². The minimum absolute atomic E-state index is 0. The number of nitrogens with zero attached hydrogens (tertiary/aromatic N) is 3. The first-order valence-electron chi connectivity index (χ1n) is 5.91. The number of benzene rings is 2. The first kappa shape index (κ1) is 14.0. The van der Waals surface area contributed by atoms with E-state index in [2.05, 4.69) is 27.1 Å². The zero-order valence-corrected chi connectivity index (χ0v) is 11.6. The highest BCUT2D eigenvalue weighted by atomic mass is 35.5. The fraction of sp³-hybridized carbons (Fsp3) is 0.0714. The number of hydrogen-bond acceptors (Lipinski definition) is 3. The third kappa shape index (κ3) is 2.35. The van der Waals surface area contributed by atoms with E-state index in [0.717, 1.165) is 27.4 Å². The van der Waals surface area contributed by atoms with E-state index in [1.54, 1.807) is 0 Å². The normalized spacial score (nSPS) is 10.2. The van der Waals surface area contributed by atoms with Crippen molar-refractivity contribution in [3.05, 3.63) is 42.1 Å². The van der Waals surface area contributed by atoms with Crippen molar-refractivity contribution in [2.75, 3.05) is 0 Å². The second-order valence-electron chi connectivity index (χ2n) is 4.33. The molecule has 0 aliphatic rings. The Morgan fingerprint density at radius 3 is 2.55 bits per heavy atom. The van der Waals surface area contributed by atoms with E-state index in [4.69, 9.17) is 11.5 Å². The fourth-order valence-corrected chi connectivity index (χ4v) is 2.24. The average molecular weight is 287 g/mol. The standard InChI is InChI=1S/C14H13N5.ClH/c1-8-12-10-5-3-2-4-9(10)6-7-11(12)18-14(17-8)19-13(15)16;/h2-7H,1H3,(H4,15,16,17,18,19);1H/p-1. The lowest BCUT2D eigenvalue weighted by Gasteiger charge is -2.06. The van der Waals surface area contributed by atoms with Crippen LogP contribution < -0.4 is 23.9 Å². The SMILES string of the molecule is Cc1nc(N=C(N)N)nc2ccc3ccccc3c12.[Cl-]. The lowest BCUT2D eigenvalue weighted by molar-refractivity contribution is -0.00000437. The summed E-state index contributed by atoms with van der Waals surface area (Å²) in [5, 5.41) is 3.33. The molecule has 0 amide bonds. The molecular weight excluding hydrogens is 274 g/mol. The average Bonchev–Trinajstić information content (AvgIpc) is 2.37. The van der Waals surface area contributed by atoms with Crippen molar-refractivity contribution < 1.29 is 12.4 Å². The van der Waals surface area contributed by atoms with E-state index in [0.29, 0.717) is 5.95 Å². The molecule has 0 saturated heterocycles. The zero-order chi connectivity index (χ0) is 13.4. The van der Waals surface area contributed by atoms with Crippen molar-refractivity contribution in [3.8, 4) is 0 Å². The number of guanidine groups is 1. The number of nitrogens with two attached hydrogens (primary N) is 2. The predicted octanol–water partition coefficient (Wildman–Crippen LogP) is -1.000. The van der Waals surface area contributed by atoms with E-state index in [1.807, 2.05) is 31.2 Å². The molecule has 0 saturated carbocycles. The molecule has 3 aromatic rings. The van der Waals surface area contributed by atoms with Crippen LogP contribution in [0.1, 0.15) is 5.69 Å². The first-order chi connectivity index (χ1) is 9.15. The van der Waals surface area contributed by atoms with E-state index in [1.165, 1.54) is 0 Å². The Kier molecular flexibility index (Phi) is 3.72. The third-order valence-corrected chi connectivity index (χ3v) is 2.99. The molecule has 0 radical (unpaired) electrons. The van der Waals surface area contributed by atoms with Crippen LogP contribution in [0.4, 0.5) is 5.95 Å². The molecule has 3 rings (SSSR count). The second kappa shape index (κ2) is 5.30. The third-order valence-electron chi connectivity index (χ3n) is 2.99. The number of halogens is 1. The molecule has 0 fully saturated rings. The molecule has 0 aliphatic heterocycles. The van der Waals surface area contributed by atoms with Crippen LogP contribution in [-0.2, 0) is 0 Å². The van der Waals surface area contributed by atoms with E-state index in [9.17, 15) is 0 Å². The summed E-state index contributed by atoms with van der Waals surface area (Å²) in [6, 6.07) is 12.1. The van der Waals surface area contributed by atoms with Gasteiger partial charge in [0.25, 0.3) is 5.95 Å². The molecule has 4 N–H and O–H groups in total. The van der Waals surface area contributed by atoms with Crippen molar-refractivity contribution in [3.63, 3.8) is 0 Å². The summed E-state index contributed by atoms with van der Waals surface area (Å²) in [7, 11) is 0. The fourth-order valence-electron chi connectivity index (χ4n) is 2.24. The predicted molar refractivity (Wildman–Crippen MR) is 77.3 cm³/mol. The van der Waals surface area contributed by atoms with Gasteiger partial charge in [-0.3, -0.25) is 0 Å². The smallest absolute Gasteiger partial charge is 0.253 e. The zero-order valence-electron chi connectivity index (χ0n) is 10.8. The van der Waals surface area contributed by atoms with Crippen LogP contribution in [0.15, 0.2) is 41.4 Å². The second-order valence-corrected chi connectivity index (χ2v) is 4.33. The number of aryl methyl sites for hydroxylation is 1. The Hall–Kier alpha value is -2.40. The molecule has 2 aromatic carbocycles. The molecule has 102 valence electrons. The number of fused-ring (bicyclic) bond motifs is 3. The van der Waals surface area contributed by atoms with E-state index >= 15 is 0 Å². The van der Waals surface area contributed by atoms with Crippen LogP contribution in [-0.4, -0.2) is 15.9 Å². The van der Waals surface area contributed by atoms with Crippen molar-refractivity contribution in [1.82, 2.24) is 9.97 Å². The lowest BCUT2D eigenvalue weighted by Crippen LogP contribution is -3.00. The van der Waals surface area contributed by atoms with Gasteiger partial charge in [0.2, 0.25) is 0 Å². The highest BCUT2D eigenvalue weighted by Crippen LogP contribution is 2.27. The number of aromatic nitrogens is 2. The summed E-state index contributed by atoms with van der Waals surface area (Å²) in [6.45, 7) is 1.93. The molecule has 0 atom stereocenters. The summed E-state index contributed by atoms with van der Waals surface area (Å²) >= 11 is 0. The van der Waals surface area contributed by atoms with E-state index < -0.39 is 0 Å². The van der Waals surface area contributed by atoms with Crippen molar-refractivity contribution in [2.45, 2.75) is 6.92 Å². The van der Waals surface area contributed by atoms with Gasteiger partial charge < -0.3 is 23.9 Å². The summed E-state index contributed by atoms with van der Waals surface area (Å²) in [4.78, 5) is 12.6. The van der Waals surface area contributed by atoms with Crippen LogP contribution >= 0.6 is 0 Å². The van der Waals surface area contributed by atoms with Crippen LogP contribution in [0.25, 0.3) is 21.7 Å². The van der Waals surface area contributed by atoms with Gasteiger partial charge >= 0.3 is 0 Å². The molecule has 0 unspecified atom stereocenters. The van der Waals surface area contributed by atoms with Gasteiger partial charge in [0, 0.05) is 5.39 Å². The van der Waals surface area contributed by atoms with Crippen molar-refractivity contribution in [2.24, 2.45) is 16.5 Å². The maximum atomic E-state index is 5.36. The van der Waals surface area contributed by atoms with Gasteiger partial charge in [0.15, 0.2) is 5.96 Å². The minimum Gasteiger partial charge on any atom is -1.00 e. The number of aliphatic imine (C=N–C) groups is 1. The number of rotatable bonds is 1.